The lowest BCUT2D eigenvalue weighted by atomic mass is 10.1. The molecule has 1 aromatic carbocycles. The molecule has 0 spiro atoms. The minimum absolute atomic E-state index is 0.00564. The van der Waals surface area contributed by atoms with Crippen molar-refractivity contribution >= 4 is 17.8 Å². The van der Waals surface area contributed by atoms with Crippen LogP contribution in [0.25, 0.3) is 6.08 Å². The van der Waals surface area contributed by atoms with Gasteiger partial charge in [-0.25, -0.2) is 4.98 Å². The van der Waals surface area contributed by atoms with Crippen LogP contribution in [0.15, 0.2) is 54.2 Å². The van der Waals surface area contributed by atoms with Crippen LogP contribution in [0.2, 0.25) is 0 Å². The number of benzene rings is 1. The standard InChI is InChI=1S/C16H13N3O2/c1-21-14-6-4-5-12(10-14)9-13(11-17)16(20)19-15-7-2-3-8-18-15/h2-10H,1H3,(H,18,19,20). The van der Waals surface area contributed by atoms with E-state index >= 15 is 0 Å². The Bertz CT molecular complexity index is 703. The summed E-state index contributed by atoms with van der Waals surface area (Å²) in [6.07, 6.45) is 3.06. The van der Waals surface area contributed by atoms with Crippen LogP contribution in [0.1, 0.15) is 5.56 Å². The minimum atomic E-state index is -0.501. The van der Waals surface area contributed by atoms with E-state index in [2.05, 4.69) is 10.3 Å². The van der Waals surface area contributed by atoms with Crippen LogP contribution in [0.5, 0.6) is 5.75 Å². The number of carbonyl (C=O) groups excluding carboxylic acids is 1. The summed E-state index contributed by atoms with van der Waals surface area (Å²) in [5.74, 6) is 0.555. The molecule has 0 saturated carbocycles. The first-order valence-electron chi connectivity index (χ1n) is 6.21. The largest absolute Gasteiger partial charge is 0.497 e. The third-order valence-corrected chi connectivity index (χ3v) is 2.68. The van der Waals surface area contributed by atoms with E-state index in [-0.39, 0.29) is 5.57 Å². The second kappa shape index (κ2) is 6.87. The molecule has 1 aromatic heterocycles. The fraction of sp³-hybridized carbons (Fsp3) is 0.0625. The second-order valence-electron chi connectivity index (χ2n) is 4.12. The summed E-state index contributed by atoms with van der Waals surface area (Å²) in [4.78, 5) is 16.0. The van der Waals surface area contributed by atoms with Crippen molar-refractivity contribution in [3.05, 3.63) is 59.8 Å². The minimum Gasteiger partial charge on any atom is -0.497 e. The molecule has 0 radical (unpaired) electrons. The van der Waals surface area contributed by atoms with Gasteiger partial charge in [-0.15, -0.1) is 0 Å². The number of methoxy groups -OCH3 is 1. The summed E-state index contributed by atoms with van der Waals surface area (Å²) >= 11 is 0. The van der Waals surface area contributed by atoms with Gasteiger partial charge in [0.25, 0.3) is 5.91 Å². The van der Waals surface area contributed by atoms with Crippen molar-refractivity contribution in [2.45, 2.75) is 0 Å². The van der Waals surface area contributed by atoms with Gasteiger partial charge in [-0.1, -0.05) is 18.2 Å². The number of anilines is 1. The molecular formula is C16H13N3O2. The summed E-state index contributed by atoms with van der Waals surface area (Å²) in [6, 6.07) is 14.1. The molecule has 5 heteroatoms. The van der Waals surface area contributed by atoms with Gasteiger partial charge < -0.3 is 10.1 Å². The van der Waals surface area contributed by atoms with Crippen LogP contribution < -0.4 is 10.1 Å². The Morgan fingerprint density at radius 1 is 1.33 bits per heavy atom. The number of hydrogen-bond acceptors (Lipinski definition) is 4. The highest BCUT2D eigenvalue weighted by Gasteiger charge is 2.10. The Balaban J connectivity index is 2.20. The lowest BCUT2D eigenvalue weighted by Crippen LogP contribution is -2.14. The van der Waals surface area contributed by atoms with Gasteiger partial charge in [-0.3, -0.25) is 4.79 Å². The molecule has 104 valence electrons. The number of aromatic nitrogens is 1. The smallest absolute Gasteiger partial charge is 0.267 e. The van der Waals surface area contributed by atoms with E-state index in [0.29, 0.717) is 17.1 Å². The first-order valence-corrected chi connectivity index (χ1v) is 6.21. The van der Waals surface area contributed by atoms with E-state index in [4.69, 9.17) is 10.00 Å². The van der Waals surface area contributed by atoms with Crippen LogP contribution >= 0.6 is 0 Å². The highest BCUT2D eigenvalue weighted by Crippen LogP contribution is 2.15. The van der Waals surface area contributed by atoms with E-state index in [9.17, 15) is 4.79 Å². The Morgan fingerprint density at radius 2 is 2.19 bits per heavy atom. The van der Waals surface area contributed by atoms with Crippen LogP contribution in [-0.2, 0) is 4.79 Å². The molecule has 21 heavy (non-hydrogen) atoms. The zero-order chi connectivity index (χ0) is 15.1. The van der Waals surface area contributed by atoms with Crippen molar-refractivity contribution in [2.75, 3.05) is 12.4 Å². The van der Waals surface area contributed by atoms with Crippen molar-refractivity contribution < 1.29 is 9.53 Å². The van der Waals surface area contributed by atoms with Gasteiger partial charge in [0, 0.05) is 6.20 Å². The number of rotatable bonds is 4. The Hall–Kier alpha value is -3.13. The molecule has 1 heterocycles. The predicted octanol–water partition coefficient (Wildman–Crippen LogP) is 2.64. The summed E-state index contributed by atoms with van der Waals surface area (Å²) in [5, 5.41) is 11.7. The number of ether oxygens (including phenoxy) is 1. The molecule has 5 nitrogen and oxygen atoms in total. The number of nitriles is 1. The van der Waals surface area contributed by atoms with E-state index in [1.165, 1.54) is 6.08 Å². The maximum Gasteiger partial charge on any atom is 0.267 e. The van der Waals surface area contributed by atoms with Crippen molar-refractivity contribution in [1.82, 2.24) is 4.98 Å². The molecule has 0 aliphatic carbocycles. The average molecular weight is 279 g/mol. The Kier molecular flexibility index (Phi) is 4.67. The summed E-state index contributed by atoms with van der Waals surface area (Å²) in [6.45, 7) is 0. The molecule has 2 aromatic rings. The van der Waals surface area contributed by atoms with Gasteiger partial charge in [0.15, 0.2) is 0 Å². The Labute approximate surface area is 122 Å². The molecule has 0 unspecified atom stereocenters. The van der Waals surface area contributed by atoms with Gasteiger partial charge in [0.05, 0.1) is 7.11 Å². The number of carbonyl (C=O) groups is 1. The van der Waals surface area contributed by atoms with Gasteiger partial charge in [-0.2, -0.15) is 5.26 Å². The number of nitrogens with zero attached hydrogens (tertiary/aromatic N) is 2. The molecule has 0 aliphatic heterocycles. The fourth-order valence-corrected chi connectivity index (χ4v) is 1.67. The third kappa shape index (κ3) is 3.91. The van der Waals surface area contributed by atoms with E-state index in [1.54, 1.807) is 55.8 Å². The van der Waals surface area contributed by atoms with Crippen LogP contribution in [0.3, 0.4) is 0 Å². The van der Waals surface area contributed by atoms with E-state index in [0.717, 1.165) is 0 Å². The molecule has 1 N–H and O–H groups in total. The van der Waals surface area contributed by atoms with Gasteiger partial charge in [-0.05, 0) is 35.9 Å². The van der Waals surface area contributed by atoms with Gasteiger partial charge >= 0.3 is 0 Å². The second-order valence-corrected chi connectivity index (χ2v) is 4.12. The lowest BCUT2D eigenvalue weighted by Gasteiger charge is -2.03. The number of amides is 1. The van der Waals surface area contributed by atoms with E-state index < -0.39 is 5.91 Å². The number of hydrogen-bond donors (Lipinski definition) is 1. The predicted molar refractivity (Wildman–Crippen MR) is 79.5 cm³/mol. The van der Waals surface area contributed by atoms with Crippen molar-refractivity contribution in [2.24, 2.45) is 0 Å². The molecule has 1 amide bonds. The fourth-order valence-electron chi connectivity index (χ4n) is 1.67. The molecule has 0 fully saturated rings. The Morgan fingerprint density at radius 3 is 2.86 bits per heavy atom. The molecule has 2 rings (SSSR count). The van der Waals surface area contributed by atoms with Crippen LogP contribution in [0, 0.1) is 11.3 Å². The monoisotopic (exact) mass is 279 g/mol. The van der Waals surface area contributed by atoms with Crippen molar-refractivity contribution in [3.8, 4) is 11.8 Å². The number of pyridine rings is 1. The first kappa shape index (κ1) is 14.3. The van der Waals surface area contributed by atoms with Gasteiger partial charge in [0.1, 0.15) is 23.2 Å². The van der Waals surface area contributed by atoms with Gasteiger partial charge in [0.2, 0.25) is 0 Å². The van der Waals surface area contributed by atoms with Crippen LogP contribution in [-0.4, -0.2) is 18.0 Å². The highest BCUT2D eigenvalue weighted by molar-refractivity contribution is 6.09. The quantitative estimate of drug-likeness (QED) is 0.689. The maximum atomic E-state index is 12.0. The maximum absolute atomic E-state index is 12.0. The van der Waals surface area contributed by atoms with Crippen molar-refractivity contribution in [1.29, 1.82) is 5.26 Å². The van der Waals surface area contributed by atoms with E-state index in [1.807, 2.05) is 6.07 Å². The van der Waals surface area contributed by atoms with Crippen LogP contribution in [0.4, 0.5) is 5.82 Å². The zero-order valence-corrected chi connectivity index (χ0v) is 11.4. The SMILES string of the molecule is COc1cccc(C=C(C#N)C(=O)Nc2ccccn2)c1. The topological polar surface area (TPSA) is 75.0 Å². The lowest BCUT2D eigenvalue weighted by molar-refractivity contribution is -0.112. The normalized spacial score (nSPS) is 10.6. The average Bonchev–Trinajstić information content (AvgIpc) is 2.53. The summed E-state index contributed by atoms with van der Waals surface area (Å²) < 4.78 is 5.10. The molecular weight excluding hydrogens is 266 g/mol. The highest BCUT2D eigenvalue weighted by atomic mass is 16.5. The molecule has 0 aliphatic rings. The zero-order valence-electron chi connectivity index (χ0n) is 11.4. The summed E-state index contributed by atoms with van der Waals surface area (Å²) in [7, 11) is 1.56. The van der Waals surface area contributed by atoms with Crippen molar-refractivity contribution in [3.63, 3.8) is 0 Å². The molecule has 0 bridgehead atoms. The summed E-state index contributed by atoms with van der Waals surface area (Å²) in [5.41, 5.74) is 0.705. The first-order chi connectivity index (χ1) is 10.2. The third-order valence-electron chi connectivity index (χ3n) is 2.68. The molecule has 0 atom stereocenters. The molecule has 0 saturated heterocycles. The number of nitrogens with one attached hydrogen (secondary N) is 1.